The van der Waals surface area contributed by atoms with Crippen molar-refractivity contribution in [1.29, 1.82) is 0 Å². The number of nitrogens with zero attached hydrogens (tertiary/aromatic N) is 10. The third-order valence-corrected chi connectivity index (χ3v) is 24.6. The molecule has 0 aliphatic carbocycles. The molecule has 0 radical (unpaired) electrons. The number of methoxy groups -OCH3 is 5. The summed E-state index contributed by atoms with van der Waals surface area (Å²) in [6, 6.07) is 19.0. The van der Waals surface area contributed by atoms with Crippen LogP contribution in [0, 0.1) is 89.8 Å². The van der Waals surface area contributed by atoms with E-state index < -0.39 is 75.0 Å². The zero-order valence-corrected chi connectivity index (χ0v) is 85.9. The highest BCUT2D eigenvalue weighted by Gasteiger charge is 2.43. The highest BCUT2D eigenvalue weighted by molar-refractivity contribution is 9.11. The minimum absolute atomic E-state index is 0. The summed E-state index contributed by atoms with van der Waals surface area (Å²) < 4.78 is 57.6. The number of alkyl halides is 2. The van der Waals surface area contributed by atoms with Gasteiger partial charge in [-0.05, 0) is 184 Å². The summed E-state index contributed by atoms with van der Waals surface area (Å²) >= 11 is 10.1. The lowest BCUT2D eigenvalue weighted by atomic mass is 10.0. The standard InChI is InChI=1S/C38H46N8O6.C22H25BrN4O3.2C16H22N4O3.C6H4Br2.2CH3F.CH4/c1-23(2)31(43-37(49)51-5)35(47)45-19-7-9-29(45)33-39-21-27(41-33)17-15-25-11-13-26(14-12-25)16-18-28-22-40-34(42-28)30-10-8-20-46(30)36(48)32(24(3)4)44-38(50)52-6;1-14(2)19(26-22(29)30-3)21(28)27-12-4-5-18(27)20-24-13-17(25-20)11-8-15-6-9-16(23)10-7-15;2*1-5-11-9-17-14(18-11)12-7-6-8-20(12)15(21)13(10(2)3)19-16(22)23-4;7-5-1-2-6(8)4-3-5;2*1-2;/h11-14,21-24,29-32H,7-10,19-20H2,1-6H3,(H,39,41)(H,40,42)(H,43,49)(H,44,50);6-7,9-10,13-14,18-19H,4-5,12H2,1-3H3,(H,24,25)(H,26,29);2*1,9-10,12-13H,6-8H2,2-4H3,(H,17,18)(H,19,22);1-4H;2*1H3;1H4/t29-,30-,31-,32-;18-,19-;2*12-,13-;;;;/m0000..../s1/i;;;;;2*1D;. The van der Waals surface area contributed by atoms with Crippen molar-refractivity contribution in [2.24, 2.45) is 29.6 Å². The van der Waals surface area contributed by atoms with Crippen LogP contribution in [0.3, 0.4) is 0 Å². The van der Waals surface area contributed by atoms with Crippen LogP contribution in [0.2, 0.25) is 0 Å². The Balaban J connectivity index is 0.000000293. The molecule has 5 saturated heterocycles. The Morgan fingerprint density at radius 1 is 0.340 bits per heavy atom. The monoisotopic (exact) mass is 2140 g/mol. The van der Waals surface area contributed by atoms with E-state index in [9.17, 15) is 56.7 Å². The van der Waals surface area contributed by atoms with E-state index in [2.05, 4.69) is 186 Å². The summed E-state index contributed by atoms with van der Waals surface area (Å²) in [6.07, 6.45) is 24.0. The quantitative estimate of drug-likeness (QED) is 0.0250. The number of rotatable bonds is 20. The highest BCUT2D eigenvalue weighted by Crippen LogP contribution is 2.37. The number of likely N-dealkylation sites (tertiary alicyclic amines) is 5. The van der Waals surface area contributed by atoms with Crippen LogP contribution in [-0.2, 0) is 47.7 Å². The minimum Gasteiger partial charge on any atom is -0.453 e. The number of carbonyl (C=O) groups excluding carboxylic acids is 10. The van der Waals surface area contributed by atoms with E-state index in [0.717, 1.165) is 94.3 Å². The predicted octanol–water partition coefficient (Wildman–Crippen LogP) is 15.5. The number of carbonyl (C=O) groups is 10. The van der Waals surface area contributed by atoms with Crippen molar-refractivity contribution in [2.45, 2.75) is 201 Å². The first-order valence-corrected chi connectivity index (χ1v) is 47.8. The van der Waals surface area contributed by atoms with Gasteiger partial charge in [0.25, 0.3) is 0 Å². The zero-order chi connectivity index (χ0) is 104. The van der Waals surface area contributed by atoms with Crippen LogP contribution < -0.4 is 26.6 Å². The molecule has 0 saturated carbocycles. The van der Waals surface area contributed by atoms with Gasteiger partial charge in [0.1, 0.15) is 87.8 Å². The molecule has 5 aliphatic rings. The number of aromatic amines is 5. The number of aromatic nitrogens is 10. The lowest BCUT2D eigenvalue weighted by molar-refractivity contribution is -0.136. The Kier molecular flexibility index (Phi) is 46.8. The molecule has 10 atom stereocenters. The molecular weight excluding hydrogens is 2010 g/mol. The number of H-pyrrole nitrogens is 5. The van der Waals surface area contributed by atoms with Gasteiger partial charge in [-0.2, -0.15) is 0 Å². The first-order chi connectivity index (χ1) is 67.9. The fourth-order valence-electron chi connectivity index (χ4n) is 15.8. The molecule has 35 nitrogen and oxygen atoms in total. The Morgan fingerprint density at radius 2 is 0.511 bits per heavy atom. The second kappa shape index (κ2) is 58.5. The molecule has 10 heterocycles. The summed E-state index contributed by atoms with van der Waals surface area (Å²) in [6.45, 7) is 21.9. The van der Waals surface area contributed by atoms with E-state index in [0.29, 0.717) is 90.3 Å². The van der Waals surface area contributed by atoms with Crippen LogP contribution in [0.5, 0.6) is 0 Å². The molecule has 3 aromatic carbocycles. The summed E-state index contributed by atoms with van der Waals surface area (Å²) in [5.41, 5.74) is 5.63. The van der Waals surface area contributed by atoms with E-state index in [-0.39, 0.29) is 96.8 Å². The first-order valence-electron chi connectivity index (χ1n) is 46.8. The maximum absolute atomic E-state index is 13.4. The largest absolute Gasteiger partial charge is 0.453 e. The molecule has 0 unspecified atom stereocenters. The van der Waals surface area contributed by atoms with Crippen LogP contribution >= 0.6 is 47.8 Å². The Morgan fingerprint density at radius 3 is 0.681 bits per heavy atom. The molecule has 5 aliphatic heterocycles. The minimum atomic E-state index is -1.00. The zero-order valence-electron chi connectivity index (χ0n) is 83.1. The number of ether oxygens (including phenoxy) is 5. The van der Waals surface area contributed by atoms with Gasteiger partial charge in [0.05, 0.1) is 114 Å². The maximum atomic E-state index is 13.4. The lowest BCUT2D eigenvalue weighted by Crippen LogP contribution is -2.51. The molecule has 8 aromatic rings. The van der Waals surface area contributed by atoms with Gasteiger partial charge >= 0.3 is 30.5 Å². The van der Waals surface area contributed by atoms with E-state index >= 15 is 0 Å². The van der Waals surface area contributed by atoms with Crippen molar-refractivity contribution in [1.82, 2.24) is 101 Å². The van der Waals surface area contributed by atoms with Gasteiger partial charge in [-0.1, -0.05) is 154 Å². The van der Waals surface area contributed by atoms with Crippen LogP contribution in [0.1, 0.15) is 248 Å². The number of nitrogens with one attached hydrogen (secondary N) is 10. The predicted molar refractivity (Wildman–Crippen MR) is 539 cm³/mol. The number of hydrogen-bond acceptors (Lipinski definition) is 20. The number of terminal acetylenes is 2. The molecule has 5 fully saturated rings. The van der Waals surface area contributed by atoms with Gasteiger partial charge in [0.2, 0.25) is 29.5 Å². The summed E-state index contributed by atoms with van der Waals surface area (Å²) in [4.78, 5) is 171. The maximum Gasteiger partial charge on any atom is 0.407 e. The van der Waals surface area contributed by atoms with Crippen molar-refractivity contribution in [3.05, 3.63) is 191 Å². The molecule has 10 amide bonds. The van der Waals surface area contributed by atoms with Gasteiger partial charge < -0.3 is 99.7 Å². The molecular formula is C101H129Br3F2N20O15. The number of amides is 10. The average molecular weight is 2140 g/mol. The summed E-state index contributed by atoms with van der Waals surface area (Å²) in [5, 5.41) is 13.2. The molecule has 141 heavy (non-hydrogen) atoms. The van der Waals surface area contributed by atoms with Gasteiger partial charge in [0.15, 0.2) is 0 Å². The van der Waals surface area contributed by atoms with Crippen LogP contribution in [0.25, 0.3) is 0 Å². The number of alkyl carbamates (subject to hydrolysis) is 5. The number of hydrogen-bond donors (Lipinski definition) is 10. The molecule has 10 N–H and O–H groups in total. The van der Waals surface area contributed by atoms with Gasteiger partial charge in [-0.15, -0.1) is 12.8 Å². The summed E-state index contributed by atoms with van der Waals surface area (Å²) in [7, 11) is 4.39. The Labute approximate surface area is 851 Å². The van der Waals surface area contributed by atoms with Crippen LogP contribution in [0.4, 0.5) is 32.8 Å². The van der Waals surface area contributed by atoms with E-state index in [1.165, 1.54) is 35.5 Å². The van der Waals surface area contributed by atoms with Gasteiger partial charge in [-0.3, -0.25) is 32.8 Å². The van der Waals surface area contributed by atoms with Gasteiger partial charge in [-0.25, -0.2) is 48.9 Å². The second-order valence-corrected chi connectivity index (χ2v) is 37.0. The molecule has 0 spiro atoms. The first kappa shape index (κ1) is 113. The normalized spacial score (nSPS) is 17.0. The van der Waals surface area contributed by atoms with Crippen LogP contribution in [0.15, 0.2) is 117 Å². The molecule has 758 valence electrons. The second-order valence-electron chi connectivity index (χ2n) is 34.2. The average Bonchev–Trinajstić information content (AvgIpc) is 1.69. The van der Waals surface area contributed by atoms with Crippen molar-refractivity contribution in [2.75, 3.05) is 82.6 Å². The van der Waals surface area contributed by atoms with E-state index in [1.54, 1.807) is 55.5 Å². The molecule has 5 aromatic heterocycles. The van der Waals surface area contributed by atoms with Crippen molar-refractivity contribution in [3.8, 4) is 60.2 Å². The van der Waals surface area contributed by atoms with E-state index in [1.807, 2.05) is 142 Å². The SMILES string of the molecule is Brc1ccc(Br)cc1.C.C#Cc1cnc([C@@H]2CCCN2C(=O)[C@@H](NC(=O)OC)C(C)C)[nH]1.C#Cc1cnc([C@@H]2CCCN2C(=O)[C@@H](NC(=O)OC)C(C)C)[nH]1.COC(=O)N[C@H](C(=O)N1CCC[C@H]1c1ncc(C#Cc2ccc(Br)cc2)[nH]1)C(C)C.COC(=O)N[C@H](C(=O)N1CCC[C@H]1c1ncc(C#Cc2ccc(C#Cc3cnc([C@@H]4CCCN4C(=O)[C@@H](NC(=O)OC)C(C)C)[nH]3)cc2)[nH]1)C(C)C.[2H]CF.[2H]CF. The Bertz CT molecular complexity index is 5500. The van der Waals surface area contributed by atoms with Crippen molar-refractivity contribution < 1.29 is 83.2 Å². The van der Waals surface area contributed by atoms with E-state index in [4.69, 9.17) is 25.1 Å². The lowest BCUT2D eigenvalue weighted by Gasteiger charge is -2.29. The highest BCUT2D eigenvalue weighted by atomic mass is 79.9. The third-order valence-electron chi connectivity index (χ3n) is 23.1. The fraction of sp³-hybridized carbons (Fsp3) is 0.475. The van der Waals surface area contributed by atoms with Crippen molar-refractivity contribution >= 4 is 108 Å². The Hall–Kier alpha value is -13.5. The smallest absolute Gasteiger partial charge is 0.407 e. The number of benzene rings is 3. The molecule has 13 rings (SSSR count). The number of halogens is 5. The number of imidazole rings is 5. The third kappa shape index (κ3) is 33.9. The van der Waals surface area contributed by atoms with Crippen molar-refractivity contribution in [3.63, 3.8) is 0 Å². The van der Waals surface area contributed by atoms with Gasteiger partial charge in [0, 0.05) is 62.8 Å². The molecule has 40 heteroatoms. The summed E-state index contributed by atoms with van der Waals surface area (Å²) in [5.74, 6) is 26.0. The topological polar surface area (TPSA) is 437 Å². The fourth-order valence-corrected chi connectivity index (χ4v) is 16.6. The molecule has 0 bridgehead atoms. The van der Waals surface area contributed by atoms with Crippen LogP contribution in [-0.4, -0.2) is 247 Å².